The number of hydrogen-bond donors (Lipinski definition) is 1. The quantitative estimate of drug-likeness (QED) is 0.851. The number of ether oxygens (including phenoxy) is 1. The average Bonchev–Trinajstić information content (AvgIpc) is 2.87. The van der Waals surface area contributed by atoms with Crippen LogP contribution in [0.15, 0.2) is 23.8 Å². The number of thiazole rings is 1. The first kappa shape index (κ1) is 14.9. The van der Waals surface area contributed by atoms with Gasteiger partial charge in [0.15, 0.2) is 0 Å². The third-order valence-electron chi connectivity index (χ3n) is 3.32. The van der Waals surface area contributed by atoms with Crippen LogP contribution in [0.4, 0.5) is 0 Å². The van der Waals surface area contributed by atoms with Gasteiger partial charge in [-0.3, -0.25) is 4.98 Å². The normalized spacial score (nSPS) is 12.3. The van der Waals surface area contributed by atoms with Crippen molar-refractivity contribution in [3.8, 4) is 5.75 Å². The van der Waals surface area contributed by atoms with Crippen LogP contribution in [-0.4, -0.2) is 23.6 Å². The van der Waals surface area contributed by atoms with Crippen LogP contribution < -0.4 is 10.1 Å². The largest absolute Gasteiger partial charge is 0.492 e. The zero-order chi connectivity index (χ0) is 14.4. The lowest BCUT2D eigenvalue weighted by Gasteiger charge is -2.13. The number of hydrogen-bond acceptors (Lipinski definition) is 5. The van der Waals surface area contributed by atoms with Crippen LogP contribution in [0.3, 0.4) is 0 Å². The van der Waals surface area contributed by atoms with Crippen molar-refractivity contribution in [3.63, 3.8) is 0 Å². The molecule has 1 unspecified atom stereocenters. The first-order chi connectivity index (χ1) is 9.74. The molecule has 4 nitrogen and oxygen atoms in total. The molecule has 20 heavy (non-hydrogen) atoms. The molecule has 0 bridgehead atoms. The summed E-state index contributed by atoms with van der Waals surface area (Å²) in [6.07, 6.45) is 3.72. The monoisotopic (exact) mass is 291 g/mol. The lowest BCUT2D eigenvalue weighted by Crippen LogP contribution is -2.16. The second-order valence-electron chi connectivity index (χ2n) is 4.63. The Morgan fingerprint density at radius 3 is 2.75 bits per heavy atom. The molecule has 2 heterocycles. The van der Waals surface area contributed by atoms with Gasteiger partial charge in [-0.25, -0.2) is 4.98 Å². The van der Waals surface area contributed by atoms with Crippen molar-refractivity contribution in [1.29, 1.82) is 0 Å². The number of nitrogens with one attached hydrogen (secondary N) is 1. The van der Waals surface area contributed by atoms with E-state index < -0.39 is 0 Å². The molecule has 0 fully saturated rings. The molecular weight excluding hydrogens is 270 g/mol. The molecule has 0 aliphatic carbocycles. The Morgan fingerprint density at radius 1 is 1.35 bits per heavy atom. The van der Waals surface area contributed by atoms with E-state index in [1.807, 2.05) is 31.6 Å². The first-order valence-corrected chi connectivity index (χ1v) is 7.77. The average molecular weight is 291 g/mol. The summed E-state index contributed by atoms with van der Waals surface area (Å²) in [5.41, 5.74) is 4.04. The second-order valence-corrected chi connectivity index (χ2v) is 5.57. The molecule has 0 aromatic carbocycles. The van der Waals surface area contributed by atoms with E-state index in [0.29, 0.717) is 12.6 Å². The van der Waals surface area contributed by atoms with Crippen LogP contribution in [-0.2, 0) is 6.42 Å². The molecule has 2 aromatic heterocycles. The van der Waals surface area contributed by atoms with Gasteiger partial charge < -0.3 is 10.1 Å². The van der Waals surface area contributed by atoms with Crippen molar-refractivity contribution in [2.75, 3.05) is 13.7 Å². The summed E-state index contributed by atoms with van der Waals surface area (Å²) in [4.78, 5) is 9.98. The van der Waals surface area contributed by atoms with Gasteiger partial charge in [0.25, 0.3) is 0 Å². The molecule has 0 saturated heterocycles. The highest BCUT2D eigenvalue weighted by Gasteiger charge is 2.08. The maximum Gasteiger partial charge on any atom is 0.137 e. The highest BCUT2D eigenvalue weighted by Crippen LogP contribution is 2.18. The Kier molecular flexibility index (Phi) is 5.49. The molecule has 1 atom stereocenters. The van der Waals surface area contributed by atoms with Gasteiger partial charge in [-0.1, -0.05) is 6.92 Å². The molecular formula is C15H21N3OS. The summed E-state index contributed by atoms with van der Waals surface area (Å²) >= 11 is 1.68. The summed E-state index contributed by atoms with van der Waals surface area (Å²) in [7, 11) is 1.96. The zero-order valence-corrected chi connectivity index (χ0v) is 13.0. The van der Waals surface area contributed by atoms with Crippen molar-refractivity contribution in [3.05, 3.63) is 40.1 Å². The van der Waals surface area contributed by atoms with E-state index in [1.54, 1.807) is 17.5 Å². The summed E-state index contributed by atoms with van der Waals surface area (Å²) in [5.74, 6) is 0.821. The Labute approximate surface area is 124 Å². The molecule has 0 amide bonds. The molecule has 0 aliphatic rings. The molecule has 5 heteroatoms. The van der Waals surface area contributed by atoms with E-state index in [-0.39, 0.29) is 0 Å². The number of aromatic nitrogens is 2. The molecule has 0 radical (unpaired) electrons. The highest BCUT2D eigenvalue weighted by atomic mass is 32.1. The predicted molar refractivity (Wildman–Crippen MR) is 82.4 cm³/mol. The minimum absolute atomic E-state index is 0.309. The highest BCUT2D eigenvalue weighted by molar-refractivity contribution is 7.09. The molecule has 2 rings (SSSR count). The maximum atomic E-state index is 5.73. The lowest BCUT2D eigenvalue weighted by molar-refractivity contribution is 0.321. The van der Waals surface area contributed by atoms with Gasteiger partial charge in [0.1, 0.15) is 5.75 Å². The van der Waals surface area contributed by atoms with Gasteiger partial charge in [-0.15, -0.1) is 11.3 Å². The van der Waals surface area contributed by atoms with Gasteiger partial charge in [0, 0.05) is 17.3 Å². The number of pyridine rings is 1. The van der Waals surface area contributed by atoms with E-state index in [2.05, 4.69) is 22.2 Å². The lowest BCUT2D eigenvalue weighted by atomic mass is 10.1. The summed E-state index contributed by atoms with van der Waals surface area (Å²) in [5, 5.41) is 3.25. The fourth-order valence-corrected chi connectivity index (χ4v) is 2.83. The maximum absolute atomic E-state index is 5.73. The SMILES string of the molecule is CCC(NC)c1ccc(OCCc2scnc2C)cn1. The van der Waals surface area contributed by atoms with Crippen molar-refractivity contribution in [2.24, 2.45) is 0 Å². The zero-order valence-electron chi connectivity index (χ0n) is 12.2. The smallest absolute Gasteiger partial charge is 0.137 e. The summed E-state index contributed by atoms with van der Waals surface area (Å²) in [6.45, 7) is 4.84. The van der Waals surface area contributed by atoms with E-state index in [4.69, 9.17) is 4.74 Å². The van der Waals surface area contributed by atoms with Crippen molar-refractivity contribution in [2.45, 2.75) is 32.7 Å². The van der Waals surface area contributed by atoms with Gasteiger partial charge >= 0.3 is 0 Å². The Balaban J connectivity index is 1.86. The Bertz CT molecular complexity index is 520. The fourth-order valence-electron chi connectivity index (χ4n) is 2.07. The molecule has 108 valence electrons. The van der Waals surface area contributed by atoms with Crippen LogP contribution >= 0.6 is 11.3 Å². The van der Waals surface area contributed by atoms with E-state index in [1.165, 1.54) is 4.88 Å². The van der Waals surface area contributed by atoms with E-state index in [9.17, 15) is 0 Å². The standard InChI is InChI=1S/C15H21N3OS/c1-4-13(16-3)14-6-5-12(9-17-14)19-8-7-15-11(2)18-10-20-15/h5-6,9-10,13,16H,4,7-8H2,1-3H3. The van der Waals surface area contributed by atoms with Crippen molar-refractivity contribution >= 4 is 11.3 Å². The van der Waals surface area contributed by atoms with Crippen molar-refractivity contribution < 1.29 is 4.74 Å². The second kappa shape index (κ2) is 7.36. The van der Waals surface area contributed by atoms with Gasteiger partial charge in [0.2, 0.25) is 0 Å². The minimum atomic E-state index is 0.309. The minimum Gasteiger partial charge on any atom is -0.492 e. The van der Waals surface area contributed by atoms with E-state index in [0.717, 1.165) is 30.0 Å². The topological polar surface area (TPSA) is 47.0 Å². The van der Waals surface area contributed by atoms with Crippen LogP contribution in [0, 0.1) is 6.92 Å². The third-order valence-corrected chi connectivity index (χ3v) is 4.31. The summed E-state index contributed by atoms with van der Waals surface area (Å²) < 4.78 is 5.73. The van der Waals surface area contributed by atoms with Crippen LogP contribution in [0.1, 0.15) is 35.7 Å². The molecule has 0 aliphatic heterocycles. The van der Waals surface area contributed by atoms with Crippen molar-refractivity contribution in [1.82, 2.24) is 15.3 Å². The van der Waals surface area contributed by atoms with Gasteiger partial charge in [0.05, 0.1) is 29.7 Å². The van der Waals surface area contributed by atoms with Crippen LogP contribution in [0.2, 0.25) is 0 Å². The Hall–Kier alpha value is -1.46. The van der Waals surface area contributed by atoms with Crippen LogP contribution in [0.5, 0.6) is 5.75 Å². The Morgan fingerprint density at radius 2 is 2.20 bits per heavy atom. The molecule has 0 saturated carbocycles. The van der Waals surface area contributed by atoms with E-state index >= 15 is 0 Å². The predicted octanol–water partition coefficient (Wildman–Crippen LogP) is 3.14. The number of rotatable bonds is 7. The first-order valence-electron chi connectivity index (χ1n) is 6.89. The fraction of sp³-hybridized carbons (Fsp3) is 0.467. The van der Waals surface area contributed by atoms with Crippen LogP contribution in [0.25, 0.3) is 0 Å². The molecule has 1 N–H and O–H groups in total. The molecule has 2 aromatic rings. The third kappa shape index (κ3) is 3.77. The molecule has 0 spiro atoms. The van der Waals surface area contributed by atoms with Gasteiger partial charge in [-0.2, -0.15) is 0 Å². The number of aryl methyl sites for hydroxylation is 1. The van der Waals surface area contributed by atoms with Gasteiger partial charge in [-0.05, 0) is 32.5 Å². The number of nitrogens with zero attached hydrogens (tertiary/aromatic N) is 2. The summed E-state index contributed by atoms with van der Waals surface area (Å²) in [6, 6.07) is 4.32.